The van der Waals surface area contributed by atoms with Gasteiger partial charge in [-0.3, -0.25) is 0 Å². The minimum Gasteiger partial charge on any atom is -0.354 e. The van der Waals surface area contributed by atoms with Gasteiger partial charge in [0.05, 0.1) is 0 Å². The monoisotopic (exact) mass is 236 g/mol. The van der Waals surface area contributed by atoms with Crippen molar-refractivity contribution >= 4 is 0 Å². The Bertz CT molecular complexity index is 285. The van der Waals surface area contributed by atoms with E-state index in [9.17, 15) is 0 Å². The molecule has 0 aromatic carbocycles. The lowest BCUT2D eigenvalue weighted by Crippen LogP contribution is -2.20. The molecule has 0 bridgehead atoms. The normalized spacial score (nSPS) is 12.9. The summed E-state index contributed by atoms with van der Waals surface area (Å²) >= 11 is 0. The van der Waals surface area contributed by atoms with Crippen molar-refractivity contribution in [3.63, 3.8) is 0 Å². The summed E-state index contributed by atoms with van der Waals surface area (Å²) in [5.74, 6) is 0. The molecule has 0 radical (unpaired) electrons. The second-order valence-corrected chi connectivity index (χ2v) is 4.79. The molecule has 0 aliphatic rings. The van der Waals surface area contributed by atoms with Gasteiger partial charge in [0.15, 0.2) is 0 Å². The zero-order valence-electron chi connectivity index (χ0n) is 11.7. The molecule has 2 nitrogen and oxygen atoms in total. The third-order valence-corrected chi connectivity index (χ3v) is 3.22. The van der Waals surface area contributed by atoms with E-state index >= 15 is 0 Å². The first kappa shape index (κ1) is 14.3. The van der Waals surface area contributed by atoms with Crippen molar-refractivity contribution in [3.8, 4) is 0 Å². The van der Waals surface area contributed by atoms with Crippen molar-refractivity contribution in [2.45, 2.75) is 65.5 Å². The minimum absolute atomic E-state index is 0.539. The zero-order chi connectivity index (χ0) is 12.5. The first-order valence-corrected chi connectivity index (χ1v) is 7.20. The summed E-state index contributed by atoms with van der Waals surface area (Å²) in [7, 11) is 0. The van der Waals surface area contributed by atoms with Gasteiger partial charge in [0.25, 0.3) is 0 Å². The van der Waals surface area contributed by atoms with E-state index < -0.39 is 0 Å². The molecule has 1 aromatic rings. The van der Waals surface area contributed by atoms with Crippen LogP contribution in [-0.4, -0.2) is 11.1 Å². The number of nitrogens with zero attached hydrogens (tertiary/aromatic N) is 1. The molecule has 1 aromatic heterocycles. The molecular weight excluding hydrogens is 208 g/mol. The van der Waals surface area contributed by atoms with Crippen LogP contribution in [0.1, 0.15) is 64.5 Å². The van der Waals surface area contributed by atoms with Crippen LogP contribution in [0.5, 0.6) is 0 Å². The van der Waals surface area contributed by atoms with Crippen molar-refractivity contribution in [2.75, 3.05) is 6.54 Å². The molecule has 2 heteroatoms. The van der Waals surface area contributed by atoms with E-state index in [1.807, 2.05) is 0 Å². The molecule has 0 fully saturated rings. The van der Waals surface area contributed by atoms with Gasteiger partial charge in [-0.2, -0.15) is 0 Å². The Labute approximate surface area is 106 Å². The second kappa shape index (κ2) is 8.35. The van der Waals surface area contributed by atoms with Crippen LogP contribution in [0.4, 0.5) is 0 Å². The van der Waals surface area contributed by atoms with Crippen LogP contribution in [0.15, 0.2) is 18.5 Å². The van der Waals surface area contributed by atoms with E-state index in [-0.39, 0.29) is 0 Å². The zero-order valence-corrected chi connectivity index (χ0v) is 11.7. The molecule has 1 rings (SSSR count). The van der Waals surface area contributed by atoms with Crippen molar-refractivity contribution in [1.82, 2.24) is 9.88 Å². The fraction of sp³-hybridized carbons (Fsp3) is 0.733. The number of unbranched alkanes of at least 4 members (excludes halogenated alkanes) is 2. The Morgan fingerprint density at radius 2 is 2.00 bits per heavy atom. The molecule has 0 aliphatic heterocycles. The average molecular weight is 236 g/mol. The Kier molecular flexibility index (Phi) is 7.02. The van der Waals surface area contributed by atoms with Gasteiger partial charge in [0, 0.05) is 25.0 Å². The van der Waals surface area contributed by atoms with Crippen LogP contribution < -0.4 is 5.32 Å². The van der Waals surface area contributed by atoms with Gasteiger partial charge < -0.3 is 9.88 Å². The minimum atomic E-state index is 0.539. The SMILES string of the molecule is CCCCCn1ccc(C(CCC)NCC)c1. The second-order valence-electron chi connectivity index (χ2n) is 4.79. The van der Waals surface area contributed by atoms with Gasteiger partial charge >= 0.3 is 0 Å². The quantitative estimate of drug-likeness (QED) is 0.638. The fourth-order valence-electron chi connectivity index (χ4n) is 2.27. The highest BCUT2D eigenvalue weighted by Gasteiger charge is 2.09. The summed E-state index contributed by atoms with van der Waals surface area (Å²) in [5, 5.41) is 3.57. The molecule has 0 aliphatic carbocycles. The van der Waals surface area contributed by atoms with E-state index in [0.29, 0.717) is 6.04 Å². The highest BCUT2D eigenvalue weighted by Crippen LogP contribution is 2.19. The maximum atomic E-state index is 3.57. The van der Waals surface area contributed by atoms with Crippen molar-refractivity contribution < 1.29 is 0 Å². The van der Waals surface area contributed by atoms with Crippen molar-refractivity contribution in [1.29, 1.82) is 0 Å². The molecule has 98 valence electrons. The molecule has 0 saturated carbocycles. The van der Waals surface area contributed by atoms with E-state index in [1.165, 1.54) is 44.2 Å². The van der Waals surface area contributed by atoms with Crippen molar-refractivity contribution in [2.24, 2.45) is 0 Å². The topological polar surface area (TPSA) is 17.0 Å². The summed E-state index contributed by atoms with van der Waals surface area (Å²) in [6.07, 6.45) is 10.9. The summed E-state index contributed by atoms with van der Waals surface area (Å²) in [4.78, 5) is 0. The van der Waals surface area contributed by atoms with E-state index in [1.54, 1.807) is 0 Å². The molecule has 0 amide bonds. The summed E-state index contributed by atoms with van der Waals surface area (Å²) in [5.41, 5.74) is 1.45. The predicted molar refractivity (Wildman–Crippen MR) is 75.3 cm³/mol. The van der Waals surface area contributed by atoms with Gasteiger partial charge in [-0.15, -0.1) is 0 Å². The lowest BCUT2D eigenvalue weighted by Gasteiger charge is -2.15. The molecular formula is C15H28N2. The maximum absolute atomic E-state index is 3.57. The molecule has 1 atom stereocenters. The lowest BCUT2D eigenvalue weighted by atomic mass is 10.1. The molecule has 17 heavy (non-hydrogen) atoms. The van der Waals surface area contributed by atoms with Gasteiger partial charge in [0.1, 0.15) is 0 Å². The maximum Gasteiger partial charge on any atom is 0.0335 e. The number of aryl methyl sites for hydroxylation is 1. The Hall–Kier alpha value is -0.760. The summed E-state index contributed by atoms with van der Waals surface area (Å²) in [6, 6.07) is 2.81. The highest BCUT2D eigenvalue weighted by molar-refractivity contribution is 5.15. The van der Waals surface area contributed by atoms with Gasteiger partial charge in [0.2, 0.25) is 0 Å². The standard InChI is InChI=1S/C15H28N2/c1-4-7-8-11-17-12-10-14(13-17)15(9-5-2)16-6-3/h10,12-13,15-16H,4-9,11H2,1-3H3. The molecule has 1 heterocycles. The van der Waals surface area contributed by atoms with Crippen LogP contribution >= 0.6 is 0 Å². The van der Waals surface area contributed by atoms with Gasteiger partial charge in [-0.25, -0.2) is 0 Å². The van der Waals surface area contributed by atoms with E-state index in [4.69, 9.17) is 0 Å². The Morgan fingerprint density at radius 1 is 1.18 bits per heavy atom. The van der Waals surface area contributed by atoms with Crippen LogP contribution in [-0.2, 0) is 6.54 Å². The molecule has 0 saturated heterocycles. The van der Waals surface area contributed by atoms with Crippen LogP contribution in [0.25, 0.3) is 0 Å². The molecule has 1 unspecified atom stereocenters. The Balaban J connectivity index is 2.51. The number of nitrogens with one attached hydrogen (secondary N) is 1. The van der Waals surface area contributed by atoms with Gasteiger partial charge in [-0.1, -0.05) is 40.0 Å². The Morgan fingerprint density at radius 3 is 2.65 bits per heavy atom. The average Bonchev–Trinajstić information content (AvgIpc) is 2.78. The summed E-state index contributed by atoms with van der Waals surface area (Å²) < 4.78 is 2.34. The lowest BCUT2D eigenvalue weighted by molar-refractivity contribution is 0.507. The predicted octanol–water partition coefficient (Wildman–Crippen LogP) is 4.13. The van der Waals surface area contributed by atoms with Crippen molar-refractivity contribution in [3.05, 3.63) is 24.0 Å². The van der Waals surface area contributed by atoms with E-state index in [2.05, 4.69) is 49.1 Å². The number of aromatic nitrogens is 1. The van der Waals surface area contributed by atoms with Crippen LogP contribution in [0.2, 0.25) is 0 Å². The molecule has 0 spiro atoms. The fourth-order valence-corrected chi connectivity index (χ4v) is 2.27. The summed E-state index contributed by atoms with van der Waals surface area (Å²) in [6.45, 7) is 8.90. The largest absolute Gasteiger partial charge is 0.354 e. The van der Waals surface area contributed by atoms with Crippen LogP contribution in [0.3, 0.4) is 0 Å². The van der Waals surface area contributed by atoms with Crippen LogP contribution in [0, 0.1) is 0 Å². The van der Waals surface area contributed by atoms with E-state index in [0.717, 1.165) is 6.54 Å². The first-order valence-electron chi connectivity index (χ1n) is 7.20. The first-order chi connectivity index (χ1) is 8.31. The molecule has 1 N–H and O–H groups in total. The number of hydrogen-bond acceptors (Lipinski definition) is 1. The smallest absolute Gasteiger partial charge is 0.0335 e. The van der Waals surface area contributed by atoms with Gasteiger partial charge in [-0.05, 0) is 31.0 Å². The number of rotatable bonds is 9. The highest BCUT2D eigenvalue weighted by atomic mass is 15.0. The third-order valence-electron chi connectivity index (χ3n) is 3.22. The number of hydrogen-bond donors (Lipinski definition) is 1. The third kappa shape index (κ3) is 4.95.